The molecule has 2 aliphatic heterocycles. The van der Waals surface area contributed by atoms with E-state index < -0.39 is 73.9 Å². The number of amides is 1. The van der Waals surface area contributed by atoms with E-state index in [9.17, 15) is 35.4 Å². The fourth-order valence-corrected chi connectivity index (χ4v) is 2.92. The standard InChI is InChI=1S/C14H25NO10/c1-4-8(18)10(20)11(21)14(23-4)25-12-6(3-16)24-13(22)7(9(12)19)15-5(2)17/h4,6-14,16,18-22H,3H2,1-2H3,(H,15,17)/t4-,6-,7+,8+,9-,10+,11+,12+,13-,14+/m1/s1. The van der Waals surface area contributed by atoms with Crippen molar-refractivity contribution < 1.29 is 49.6 Å². The van der Waals surface area contributed by atoms with Gasteiger partial charge < -0.3 is 50.2 Å². The molecule has 0 aromatic carbocycles. The number of carbonyl (C=O) groups is 1. The van der Waals surface area contributed by atoms with Crippen molar-refractivity contribution in [3.63, 3.8) is 0 Å². The lowest BCUT2D eigenvalue weighted by Gasteiger charge is -2.46. The van der Waals surface area contributed by atoms with Crippen molar-refractivity contribution in [2.75, 3.05) is 6.61 Å². The summed E-state index contributed by atoms with van der Waals surface area (Å²) in [6.45, 7) is 2.01. The molecule has 11 nitrogen and oxygen atoms in total. The normalized spacial score (nSPS) is 48.2. The van der Waals surface area contributed by atoms with Crippen LogP contribution >= 0.6 is 0 Å². The van der Waals surface area contributed by atoms with Crippen molar-refractivity contribution in [3.8, 4) is 0 Å². The smallest absolute Gasteiger partial charge is 0.217 e. The van der Waals surface area contributed by atoms with E-state index in [0.29, 0.717) is 0 Å². The Balaban J connectivity index is 2.15. The minimum atomic E-state index is -1.62. The minimum Gasteiger partial charge on any atom is -0.394 e. The van der Waals surface area contributed by atoms with Crippen molar-refractivity contribution in [1.29, 1.82) is 0 Å². The second-order valence-electron chi connectivity index (χ2n) is 6.25. The van der Waals surface area contributed by atoms with Crippen LogP contribution < -0.4 is 5.32 Å². The summed E-state index contributed by atoms with van der Waals surface area (Å²) in [7, 11) is 0. The molecule has 0 aromatic rings. The molecule has 0 radical (unpaired) electrons. The summed E-state index contributed by atoms with van der Waals surface area (Å²) in [5.41, 5.74) is 0. The average Bonchev–Trinajstić information content (AvgIpc) is 2.56. The highest BCUT2D eigenvalue weighted by Gasteiger charge is 2.50. The molecular formula is C14H25NO10. The molecule has 0 unspecified atom stereocenters. The number of carbonyl (C=O) groups excluding carboxylic acids is 1. The van der Waals surface area contributed by atoms with Crippen LogP contribution in [0.5, 0.6) is 0 Å². The number of ether oxygens (including phenoxy) is 3. The Morgan fingerprint density at radius 2 is 1.68 bits per heavy atom. The zero-order chi connectivity index (χ0) is 18.9. The van der Waals surface area contributed by atoms with Crippen LogP contribution in [-0.4, -0.2) is 105 Å². The highest BCUT2D eigenvalue weighted by Crippen LogP contribution is 2.28. The van der Waals surface area contributed by atoms with Gasteiger partial charge in [0.05, 0.1) is 12.7 Å². The molecule has 2 fully saturated rings. The van der Waals surface area contributed by atoms with Gasteiger partial charge in [0, 0.05) is 6.92 Å². The van der Waals surface area contributed by atoms with E-state index in [1.54, 1.807) is 0 Å². The van der Waals surface area contributed by atoms with Crippen LogP contribution in [0.25, 0.3) is 0 Å². The Bertz CT molecular complexity index is 465. The van der Waals surface area contributed by atoms with Gasteiger partial charge in [-0.15, -0.1) is 0 Å². The molecule has 10 atom stereocenters. The molecule has 11 heteroatoms. The Hall–Kier alpha value is -0.890. The first-order chi connectivity index (χ1) is 11.7. The van der Waals surface area contributed by atoms with Crippen LogP contribution in [0.15, 0.2) is 0 Å². The first-order valence-corrected chi connectivity index (χ1v) is 7.92. The van der Waals surface area contributed by atoms with Crippen molar-refractivity contribution >= 4 is 5.91 Å². The minimum absolute atomic E-state index is 0.533. The topological polar surface area (TPSA) is 178 Å². The van der Waals surface area contributed by atoms with Crippen LogP contribution in [0.1, 0.15) is 13.8 Å². The number of aliphatic hydroxyl groups is 6. The molecular weight excluding hydrogens is 342 g/mol. The molecule has 146 valence electrons. The SMILES string of the molecule is CC(=O)N[C@H]1[C@@H](O)[C@@H](O[C@@H]2O[C@H](C)[C@H](O)[C@H](O)[C@@H]2O)[C@@H](CO)O[C@H]1O. The van der Waals surface area contributed by atoms with Gasteiger partial charge in [-0.25, -0.2) is 0 Å². The lowest BCUT2D eigenvalue weighted by molar-refractivity contribution is -0.341. The Kier molecular flexibility index (Phi) is 6.70. The average molecular weight is 367 g/mol. The second kappa shape index (κ2) is 8.20. The largest absolute Gasteiger partial charge is 0.394 e. The van der Waals surface area contributed by atoms with Gasteiger partial charge in [0.25, 0.3) is 0 Å². The Labute approximate surface area is 143 Å². The molecule has 7 N–H and O–H groups in total. The molecule has 0 aromatic heterocycles. The van der Waals surface area contributed by atoms with Gasteiger partial charge in [0.15, 0.2) is 12.6 Å². The van der Waals surface area contributed by atoms with Crippen LogP contribution in [0.4, 0.5) is 0 Å². The second-order valence-corrected chi connectivity index (χ2v) is 6.25. The van der Waals surface area contributed by atoms with Gasteiger partial charge in [-0.05, 0) is 6.92 Å². The molecule has 2 aliphatic rings. The maximum absolute atomic E-state index is 11.2. The quantitative estimate of drug-likeness (QED) is 0.257. The Morgan fingerprint density at radius 3 is 2.24 bits per heavy atom. The lowest BCUT2D eigenvalue weighted by atomic mass is 9.95. The van der Waals surface area contributed by atoms with Crippen molar-refractivity contribution in [3.05, 3.63) is 0 Å². The third kappa shape index (κ3) is 4.27. The number of hydrogen-bond donors (Lipinski definition) is 7. The molecule has 25 heavy (non-hydrogen) atoms. The maximum atomic E-state index is 11.2. The number of aliphatic hydroxyl groups excluding tert-OH is 6. The molecule has 2 rings (SSSR count). The third-order valence-corrected chi connectivity index (χ3v) is 4.34. The summed E-state index contributed by atoms with van der Waals surface area (Å²) in [6.07, 6.45) is -12.3. The number of nitrogens with one attached hydrogen (secondary N) is 1. The highest BCUT2D eigenvalue weighted by molar-refractivity contribution is 5.73. The van der Waals surface area contributed by atoms with E-state index >= 15 is 0 Å². The van der Waals surface area contributed by atoms with E-state index in [-0.39, 0.29) is 0 Å². The van der Waals surface area contributed by atoms with E-state index in [4.69, 9.17) is 14.2 Å². The monoisotopic (exact) mass is 367 g/mol. The molecule has 0 bridgehead atoms. The van der Waals surface area contributed by atoms with Crippen molar-refractivity contribution in [1.82, 2.24) is 5.32 Å². The molecule has 0 spiro atoms. The van der Waals surface area contributed by atoms with E-state index in [2.05, 4.69) is 5.32 Å². The van der Waals surface area contributed by atoms with Crippen LogP contribution in [0.2, 0.25) is 0 Å². The zero-order valence-corrected chi connectivity index (χ0v) is 13.8. The molecule has 0 aliphatic carbocycles. The summed E-state index contributed by atoms with van der Waals surface area (Å²) in [6, 6.07) is -1.24. The fourth-order valence-electron chi connectivity index (χ4n) is 2.92. The number of hydrogen-bond acceptors (Lipinski definition) is 10. The van der Waals surface area contributed by atoms with Crippen molar-refractivity contribution in [2.24, 2.45) is 0 Å². The summed E-state index contributed by atoms with van der Waals surface area (Å²) in [5, 5.41) is 61.5. The highest BCUT2D eigenvalue weighted by atomic mass is 16.7. The molecule has 2 saturated heterocycles. The van der Waals surface area contributed by atoms with Crippen LogP contribution in [0, 0.1) is 0 Å². The maximum Gasteiger partial charge on any atom is 0.217 e. The lowest BCUT2D eigenvalue weighted by Crippen LogP contribution is -2.66. The van der Waals surface area contributed by atoms with E-state index in [0.717, 1.165) is 0 Å². The fraction of sp³-hybridized carbons (Fsp3) is 0.929. The summed E-state index contributed by atoms with van der Waals surface area (Å²) >= 11 is 0. The molecule has 0 saturated carbocycles. The van der Waals surface area contributed by atoms with Crippen LogP contribution in [0.3, 0.4) is 0 Å². The van der Waals surface area contributed by atoms with Gasteiger partial charge in [0.1, 0.15) is 42.7 Å². The zero-order valence-electron chi connectivity index (χ0n) is 13.8. The Morgan fingerprint density at radius 1 is 1.04 bits per heavy atom. The predicted molar refractivity (Wildman–Crippen MR) is 78.8 cm³/mol. The van der Waals surface area contributed by atoms with Gasteiger partial charge in [0.2, 0.25) is 5.91 Å². The van der Waals surface area contributed by atoms with E-state index in [1.165, 1.54) is 13.8 Å². The van der Waals surface area contributed by atoms with Gasteiger partial charge in [-0.2, -0.15) is 0 Å². The van der Waals surface area contributed by atoms with Crippen molar-refractivity contribution in [2.45, 2.75) is 75.2 Å². The number of rotatable bonds is 4. The predicted octanol–water partition coefficient (Wildman–Crippen LogP) is -4.23. The molecule has 1 amide bonds. The summed E-state index contributed by atoms with van der Waals surface area (Å²) < 4.78 is 15.9. The summed E-state index contributed by atoms with van der Waals surface area (Å²) in [5.74, 6) is -0.533. The van der Waals surface area contributed by atoms with Gasteiger partial charge >= 0.3 is 0 Å². The third-order valence-electron chi connectivity index (χ3n) is 4.34. The first-order valence-electron chi connectivity index (χ1n) is 7.92. The van der Waals surface area contributed by atoms with E-state index in [1.807, 2.05) is 0 Å². The van der Waals surface area contributed by atoms with Crippen LogP contribution in [-0.2, 0) is 19.0 Å². The summed E-state index contributed by atoms with van der Waals surface area (Å²) in [4.78, 5) is 11.2. The molecule has 2 heterocycles. The van der Waals surface area contributed by atoms with Gasteiger partial charge in [-0.1, -0.05) is 0 Å². The van der Waals surface area contributed by atoms with Gasteiger partial charge in [-0.3, -0.25) is 4.79 Å². The first kappa shape index (κ1) is 20.4.